The molecule has 100 valence electrons. The lowest BCUT2D eigenvalue weighted by Gasteiger charge is -2.07. The quantitative estimate of drug-likeness (QED) is 0.763. The zero-order valence-electron chi connectivity index (χ0n) is 10.6. The first kappa shape index (κ1) is 12.0. The summed E-state index contributed by atoms with van der Waals surface area (Å²) in [6.07, 6.45) is 6.62. The predicted octanol–water partition coefficient (Wildman–Crippen LogP) is 1.29. The number of pyridine rings is 1. The molecule has 3 aromatic heterocycles. The monoisotopic (exact) mass is 269 g/mol. The van der Waals surface area contributed by atoms with Gasteiger partial charge < -0.3 is 10.1 Å². The van der Waals surface area contributed by atoms with Gasteiger partial charge >= 0.3 is 6.01 Å². The zero-order valence-corrected chi connectivity index (χ0v) is 10.6. The van der Waals surface area contributed by atoms with Gasteiger partial charge in [0.1, 0.15) is 5.75 Å². The molecular formula is C12H11N7O. The van der Waals surface area contributed by atoms with Crippen LogP contribution in [0.15, 0.2) is 43.0 Å². The molecule has 0 fully saturated rings. The van der Waals surface area contributed by atoms with Crippen molar-refractivity contribution in [3.05, 3.63) is 43.0 Å². The Labute approximate surface area is 114 Å². The van der Waals surface area contributed by atoms with Crippen LogP contribution >= 0.6 is 0 Å². The molecule has 0 aliphatic carbocycles. The predicted molar refractivity (Wildman–Crippen MR) is 70.8 cm³/mol. The van der Waals surface area contributed by atoms with E-state index in [1.165, 1.54) is 4.68 Å². The molecule has 0 aliphatic rings. The molecule has 0 bridgehead atoms. The van der Waals surface area contributed by atoms with Crippen molar-refractivity contribution in [3.63, 3.8) is 0 Å². The van der Waals surface area contributed by atoms with Crippen LogP contribution in [0.25, 0.3) is 5.95 Å². The Morgan fingerprint density at radius 2 is 2.10 bits per heavy atom. The fraction of sp³-hybridized carbons (Fsp3) is 0.0833. The highest BCUT2D eigenvalue weighted by atomic mass is 16.5. The molecule has 8 nitrogen and oxygen atoms in total. The molecule has 0 radical (unpaired) electrons. The summed E-state index contributed by atoms with van der Waals surface area (Å²) in [4.78, 5) is 16.5. The van der Waals surface area contributed by atoms with Gasteiger partial charge in [-0.15, -0.1) is 0 Å². The Kier molecular flexibility index (Phi) is 3.19. The van der Waals surface area contributed by atoms with E-state index in [0.29, 0.717) is 17.6 Å². The summed E-state index contributed by atoms with van der Waals surface area (Å²) in [5.74, 6) is 1.31. The molecule has 0 aliphatic heterocycles. The van der Waals surface area contributed by atoms with Gasteiger partial charge in [-0.05, 0) is 18.2 Å². The molecule has 1 N–H and O–H groups in total. The molecule has 0 unspecified atom stereocenters. The summed E-state index contributed by atoms with van der Waals surface area (Å²) in [5.41, 5.74) is 0. The third-order valence-corrected chi connectivity index (χ3v) is 2.38. The van der Waals surface area contributed by atoms with Crippen LogP contribution in [0.1, 0.15) is 0 Å². The van der Waals surface area contributed by atoms with Crippen molar-refractivity contribution in [2.75, 3.05) is 12.4 Å². The Morgan fingerprint density at radius 1 is 1.15 bits per heavy atom. The number of hydrogen-bond acceptors (Lipinski definition) is 7. The summed E-state index contributed by atoms with van der Waals surface area (Å²) < 4.78 is 7.08. The molecular weight excluding hydrogens is 258 g/mol. The van der Waals surface area contributed by atoms with E-state index >= 15 is 0 Å². The lowest BCUT2D eigenvalue weighted by Crippen LogP contribution is -2.08. The van der Waals surface area contributed by atoms with Crippen LogP contribution < -0.4 is 10.1 Å². The van der Waals surface area contributed by atoms with Crippen molar-refractivity contribution in [1.29, 1.82) is 0 Å². The van der Waals surface area contributed by atoms with E-state index in [2.05, 4.69) is 30.4 Å². The van der Waals surface area contributed by atoms with Crippen molar-refractivity contribution in [1.82, 2.24) is 29.7 Å². The van der Waals surface area contributed by atoms with Gasteiger partial charge in [-0.3, -0.25) is 4.98 Å². The summed E-state index contributed by atoms with van der Waals surface area (Å²) in [7, 11) is 1.72. The molecule has 0 saturated heterocycles. The molecule has 8 heteroatoms. The second-order valence-corrected chi connectivity index (χ2v) is 3.73. The van der Waals surface area contributed by atoms with Gasteiger partial charge in [-0.1, -0.05) is 0 Å². The summed E-state index contributed by atoms with van der Waals surface area (Å²) in [5, 5.41) is 6.93. The minimum Gasteiger partial charge on any atom is -0.422 e. The summed E-state index contributed by atoms with van der Waals surface area (Å²) in [6, 6.07) is 5.49. The van der Waals surface area contributed by atoms with E-state index in [0.717, 1.165) is 0 Å². The van der Waals surface area contributed by atoms with E-state index in [9.17, 15) is 0 Å². The maximum atomic E-state index is 5.55. The topological polar surface area (TPSA) is 90.6 Å². The third-order valence-electron chi connectivity index (χ3n) is 2.38. The maximum Gasteiger partial charge on any atom is 0.328 e. The Morgan fingerprint density at radius 3 is 2.80 bits per heavy atom. The molecule has 0 aromatic carbocycles. The van der Waals surface area contributed by atoms with E-state index < -0.39 is 0 Å². The second kappa shape index (κ2) is 5.31. The number of anilines is 1. The van der Waals surface area contributed by atoms with E-state index in [1.807, 2.05) is 0 Å². The fourth-order valence-electron chi connectivity index (χ4n) is 1.51. The van der Waals surface area contributed by atoms with Crippen molar-refractivity contribution < 1.29 is 4.74 Å². The van der Waals surface area contributed by atoms with E-state index in [1.54, 1.807) is 50.0 Å². The van der Waals surface area contributed by atoms with Crippen molar-refractivity contribution in [3.8, 4) is 17.7 Å². The number of aromatic nitrogens is 6. The molecule has 3 aromatic rings. The van der Waals surface area contributed by atoms with Gasteiger partial charge in [0.15, 0.2) is 0 Å². The number of nitrogens with one attached hydrogen (secondary N) is 1. The summed E-state index contributed by atoms with van der Waals surface area (Å²) in [6.45, 7) is 0. The molecule has 0 saturated carbocycles. The first-order chi connectivity index (χ1) is 9.85. The average Bonchev–Trinajstić information content (AvgIpc) is 3.02. The van der Waals surface area contributed by atoms with E-state index in [4.69, 9.17) is 4.74 Å². The normalized spacial score (nSPS) is 10.2. The van der Waals surface area contributed by atoms with Gasteiger partial charge in [-0.2, -0.15) is 20.1 Å². The lowest BCUT2D eigenvalue weighted by atomic mass is 10.5. The molecule has 0 atom stereocenters. The smallest absolute Gasteiger partial charge is 0.328 e. The van der Waals surface area contributed by atoms with Crippen molar-refractivity contribution >= 4 is 5.95 Å². The largest absolute Gasteiger partial charge is 0.422 e. The van der Waals surface area contributed by atoms with Crippen LogP contribution in [-0.4, -0.2) is 36.8 Å². The van der Waals surface area contributed by atoms with Crippen molar-refractivity contribution in [2.45, 2.75) is 0 Å². The Balaban J connectivity index is 1.96. The highest BCUT2D eigenvalue weighted by molar-refractivity contribution is 5.30. The van der Waals surface area contributed by atoms with Crippen LogP contribution in [0.5, 0.6) is 11.8 Å². The van der Waals surface area contributed by atoms with E-state index in [-0.39, 0.29) is 6.01 Å². The standard InChI is InChI=1S/C12H11N7O/c1-13-10-16-11(19-7-3-6-15-19)18-12(17-10)20-9-4-2-5-14-8-9/h2-8H,1H3,(H,13,16,17,18). The van der Waals surface area contributed by atoms with Gasteiger partial charge in [0.25, 0.3) is 5.95 Å². The fourth-order valence-corrected chi connectivity index (χ4v) is 1.51. The molecule has 3 heterocycles. The molecule has 0 spiro atoms. The lowest BCUT2D eigenvalue weighted by molar-refractivity contribution is 0.436. The number of hydrogen-bond donors (Lipinski definition) is 1. The van der Waals surface area contributed by atoms with Crippen LogP contribution in [0.4, 0.5) is 5.95 Å². The minimum atomic E-state index is 0.169. The van der Waals surface area contributed by atoms with Gasteiger partial charge in [0.05, 0.1) is 6.20 Å². The minimum absolute atomic E-state index is 0.169. The maximum absolute atomic E-state index is 5.55. The highest BCUT2D eigenvalue weighted by Gasteiger charge is 2.09. The number of ether oxygens (including phenoxy) is 1. The average molecular weight is 269 g/mol. The van der Waals surface area contributed by atoms with Crippen molar-refractivity contribution in [2.24, 2.45) is 0 Å². The number of nitrogens with zero attached hydrogens (tertiary/aromatic N) is 6. The Hall–Kier alpha value is -3.03. The first-order valence-corrected chi connectivity index (χ1v) is 5.87. The third kappa shape index (κ3) is 2.53. The van der Waals surface area contributed by atoms with Crippen LogP contribution in [0.3, 0.4) is 0 Å². The highest BCUT2D eigenvalue weighted by Crippen LogP contribution is 2.17. The Bertz CT molecular complexity index is 684. The van der Waals surface area contributed by atoms with Gasteiger partial charge in [0.2, 0.25) is 5.95 Å². The van der Waals surface area contributed by atoms with Crippen LogP contribution in [0, 0.1) is 0 Å². The number of rotatable bonds is 4. The second-order valence-electron chi connectivity index (χ2n) is 3.73. The molecule has 0 amide bonds. The molecule has 3 rings (SSSR count). The SMILES string of the molecule is CNc1nc(Oc2cccnc2)nc(-n2cccn2)n1. The van der Waals surface area contributed by atoms with Gasteiger partial charge in [-0.25, -0.2) is 4.68 Å². The van der Waals surface area contributed by atoms with Crippen LogP contribution in [-0.2, 0) is 0 Å². The summed E-state index contributed by atoms with van der Waals surface area (Å²) >= 11 is 0. The first-order valence-electron chi connectivity index (χ1n) is 5.87. The van der Waals surface area contributed by atoms with Gasteiger partial charge in [0, 0.05) is 25.6 Å². The zero-order chi connectivity index (χ0) is 13.8. The molecule has 20 heavy (non-hydrogen) atoms. The van der Waals surface area contributed by atoms with Crippen LogP contribution in [0.2, 0.25) is 0 Å².